The van der Waals surface area contributed by atoms with E-state index >= 15 is 0 Å². The van der Waals surface area contributed by atoms with Crippen LogP contribution in [-0.2, 0) is 19.5 Å². The van der Waals surface area contributed by atoms with Crippen molar-refractivity contribution in [3.63, 3.8) is 0 Å². The number of hydrogen-bond acceptors (Lipinski definition) is 4. The summed E-state index contributed by atoms with van der Waals surface area (Å²) in [6.07, 6.45) is 0.927. The van der Waals surface area contributed by atoms with Gasteiger partial charge in [0.2, 0.25) is 0 Å². The minimum Gasteiger partial charge on any atom is -0.298 e. The zero-order valence-electron chi connectivity index (χ0n) is 15.0. The molecule has 0 saturated heterocycles. The van der Waals surface area contributed by atoms with E-state index in [9.17, 15) is 4.79 Å². The summed E-state index contributed by atoms with van der Waals surface area (Å²) < 4.78 is 0.989. The number of aryl methyl sites for hydroxylation is 1. The van der Waals surface area contributed by atoms with E-state index in [0.29, 0.717) is 10.7 Å². The Morgan fingerprint density at radius 2 is 2.04 bits per heavy atom. The molecule has 0 aliphatic carbocycles. The second-order valence-electron chi connectivity index (χ2n) is 6.73. The number of nitrogens with one attached hydrogen (secondary N) is 1. The van der Waals surface area contributed by atoms with Gasteiger partial charge in [-0.25, -0.2) is 4.98 Å². The van der Waals surface area contributed by atoms with Gasteiger partial charge >= 0.3 is 0 Å². The van der Waals surface area contributed by atoms with Crippen LogP contribution in [0.4, 0.5) is 5.13 Å². The van der Waals surface area contributed by atoms with Gasteiger partial charge in [0.15, 0.2) is 5.13 Å². The van der Waals surface area contributed by atoms with E-state index in [1.54, 1.807) is 11.3 Å². The van der Waals surface area contributed by atoms with Gasteiger partial charge in [0, 0.05) is 34.5 Å². The van der Waals surface area contributed by atoms with Gasteiger partial charge in [-0.3, -0.25) is 15.0 Å². The normalized spacial score (nSPS) is 14.0. The molecule has 1 amide bonds. The molecule has 2 heterocycles. The number of amides is 1. The van der Waals surface area contributed by atoms with E-state index < -0.39 is 0 Å². The Labute approximate surface area is 176 Å². The maximum Gasteiger partial charge on any atom is 0.258 e. The number of nitrogens with zero attached hydrogens (tertiary/aromatic N) is 2. The number of benzene rings is 2. The molecule has 1 aliphatic rings. The number of thiazole rings is 1. The molecular weight excluding hydrogens is 469 g/mol. The summed E-state index contributed by atoms with van der Waals surface area (Å²) in [7, 11) is 0. The van der Waals surface area contributed by atoms with Gasteiger partial charge < -0.3 is 0 Å². The first kappa shape index (κ1) is 18.6. The molecule has 0 saturated carbocycles. The van der Waals surface area contributed by atoms with E-state index in [1.165, 1.54) is 10.4 Å². The summed E-state index contributed by atoms with van der Waals surface area (Å²) in [5, 5.41) is 3.69. The highest BCUT2D eigenvalue weighted by molar-refractivity contribution is 14.1. The maximum atomic E-state index is 12.6. The van der Waals surface area contributed by atoms with Gasteiger partial charge in [0.25, 0.3) is 5.91 Å². The van der Waals surface area contributed by atoms with Gasteiger partial charge in [0.05, 0.1) is 11.3 Å². The Balaban J connectivity index is 1.45. The Morgan fingerprint density at radius 1 is 1.22 bits per heavy atom. The van der Waals surface area contributed by atoms with Crippen LogP contribution in [-0.4, -0.2) is 22.3 Å². The van der Waals surface area contributed by atoms with Crippen LogP contribution in [0.15, 0.2) is 48.5 Å². The monoisotopic (exact) mass is 489 g/mol. The van der Waals surface area contributed by atoms with Crippen LogP contribution in [0.2, 0.25) is 0 Å². The first-order valence-electron chi connectivity index (χ1n) is 8.91. The van der Waals surface area contributed by atoms with Crippen LogP contribution in [0.1, 0.15) is 32.1 Å². The highest BCUT2D eigenvalue weighted by Crippen LogP contribution is 2.29. The Kier molecular flexibility index (Phi) is 5.56. The van der Waals surface area contributed by atoms with Crippen LogP contribution in [0.5, 0.6) is 0 Å². The number of carbonyl (C=O) groups is 1. The van der Waals surface area contributed by atoms with Crippen molar-refractivity contribution in [2.75, 3.05) is 11.9 Å². The summed E-state index contributed by atoms with van der Waals surface area (Å²) in [6, 6.07) is 16.3. The molecule has 0 unspecified atom stereocenters. The highest BCUT2D eigenvalue weighted by atomic mass is 127. The average molecular weight is 489 g/mol. The van der Waals surface area contributed by atoms with Crippen LogP contribution in [0.25, 0.3) is 0 Å². The lowest BCUT2D eigenvalue weighted by Crippen LogP contribution is -2.29. The average Bonchev–Trinajstić information content (AvgIpc) is 3.06. The van der Waals surface area contributed by atoms with E-state index in [2.05, 4.69) is 62.1 Å². The molecule has 2 aromatic carbocycles. The van der Waals surface area contributed by atoms with Crippen molar-refractivity contribution in [3.05, 3.63) is 79.4 Å². The standard InChI is InChI=1S/C21H20IN3OS/c1-14-6-5-9-16(19(14)22)20(26)24-21-23-17-10-11-25(13-18(17)27-21)12-15-7-3-2-4-8-15/h2-9H,10-13H2,1H3,(H,23,24,26). The fourth-order valence-corrected chi connectivity index (χ4v) is 4.92. The minimum atomic E-state index is -0.0876. The van der Waals surface area contributed by atoms with Crippen LogP contribution < -0.4 is 5.32 Å². The third-order valence-corrected chi connectivity index (χ3v) is 7.15. The molecule has 0 bridgehead atoms. The molecule has 1 N–H and O–H groups in total. The smallest absolute Gasteiger partial charge is 0.258 e. The van der Waals surface area contributed by atoms with E-state index in [1.807, 2.05) is 31.2 Å². The predicted molar refractivity (Wildman–Crippen MR) is 118 cm³/mol. The fraction of sp³-hybridized carbons (Fsp3) is 0.238. The van der Waals surface area contributed by atoms with Gasteiger partial charge in [-0.15, -0.1) is 11.3 Å². The molecule has 1 aromatic heterocycles. The second kappa shape index (κ2) is 8.08. The van der Waals surface area contributed by atoms with Crippen molar-refractivity contribution in [1.29, 1.82) is 0 Å². The Morgan fingerprint density at radius 3 is 2.85 bits per heavy atom. The van der Waals surface area contributed by atoms with Crippen LogP contribution in [0, 0.1) is 10.5 Å². The lowest BCUT2D eigenvalue weighted by molar-refractivity contribution is 0.102. The molecule has 3 aromatic rings. The molecule has 138 valence electrons. The van der Waals surface area contributed by atoms with Crippen molar-refractivity contribution in [3.8, 4) is 0 Å². The van der Waals surface area contributed by atoms with E-state index in [4.69, 9.17) is 0 Å². The topological polar surface area (TPSA) is 45.2 Å². The van der Waals surface area contributed by atoms with Crippen molar-refractivity contribution >= 4 is 45.0 Å². The largest absolute Gasteiger partial charge is 0.298 e. The number of halogens is 1. The van der Waals surface area contributed by atoms with Gasteiger partial charge in [-0.05, 0) is 46.7 Å². The Bertz CT molecular complexity index is 971. The van der Waals surface area contributed by atoms with Crippen molar-refractivity contribution < 1.29 is 4.79 Å². The van der Waals surface area contributed by atoms with Crippen molar-refractivity contribution in [2.45, 2.75) is 26.4 Å². The van der Waals surface area contributed by atoms with Gasteiger partial charge in [-0.2, -0.15) is 0 Å². The summed E-state index contributed by atoms with van der Waals surface area (Å²) in [6.45, 7) is 4.85. The number of carbonyl (C=O) groups excluding carboxylic acids is 1. The summed E-state index contributed by atoms with van der Waals surface area (Å²) in [5.41, 5.74) is 4.26. The van der Waals surface area contributed by atoms with E-state index in [0.717, 1.165) is 40.9 Å². The van der Waals surface area contributed by atoms with Crippen LogP contribution in [0.3, 0.4) is 0 Å². The lowest BCUT2D eigenvalue weighted by Gasteiger charge is -2.25. The number of aromatic nitrogens is 1. The predicted octanol–water partition coefficient (Wildman–Crippen LogP) is 4.87. The number of rotatable bonds is 4. The first-order valence-corrected chi connectivity index (χ1v) is 10.8. The Hall–Kier alpha value is -1.77. The molecule has 0 spiro atoms. The zero-order valence-corrected chi connectivity index (χ0v) is 18.0. The fourth-order valence-electron chi connectivity index (χ4n) is 3.27. The minimum absolute atomic E-state index is 0.0876. The molecule has 4 nitrogen and oxygen atoms in total. The zero-order chi connectivity index (χ0) is 18.8. The van der Waals surface area contributed by atoms with Crippen molar-refractivity contribution in [1.82, 2.24) is 9.88 Å². The van der Waals surface area contributed by atoms with E-state index in [-0.39, 0.29) is 5.91 Å². The first-order chi connectivity index (χ1) is 13.1. The second-order valence-corrected chi connectivity index (χ2v) is 8.89. The number of fused-ring (bicyclic) bond motifs is 1. The summed E-state index contributed by atoms with van der Waals surface area (Å²) in [5.74, 6) is -0.0876. The lowest BCUT2D eigenvalue weighted by atomic mass is 10.1. The van der Waals surface area contributed by atoms with Crippen LogP contribution >= 0.6 is 33.9 Å². The summed E-state index contributed by atoms with van der Waals surface area (Å²) in [4.78, 5) is 21.0. The number of anilines is 1. The maximum absolute atomic E-state index is 12.6. The highest BCUT2D eigenvalue weighted by Gasteiger charge is 2.22. The molecule has 4 rings (SSSR count). The van der Waals surface area contributed by atoms with Crippen molar-refractivity contribution in [2.24, 2.45) is 0 Å². The SMILES string of the molecule is Cc1cccc(C(=O)Nc2nc3c(s2)CN(Cc2ccccc2)CC3)c1I. The quantitative estimate of drug-likeness (QED) is 0.533. The molecule has 0 fully saturated rings. The molecule has 1 aliphatic heterocycles. The molecule has 0 atom stereocenters. The molecular formula is C21H20IN3OS. The van der Waals surface area contributed by atoms with Gasteiger partial charge in [0.1, 0.15) is 0 Å². The molecule has 6 heteroatoms. The third kappa shape index (κ3) is 4.23. The van der Waals surface area contributed by atoms with Gasteiger partial charge in [-0.1, -0.05) is 42.5 Å². The molecule has 0 radical (unpaired) electrons. The summed E-state index contributed by atoms with van der Waals surface area (Å²) >= 11 is 3.82. The number of hydrogen-bond donors (Lipinski definition) is 1. The molecule has 27 heavy (non-hydrogen) atoms. The third-order valence-electron chi connectivity index (χ3n) is 4.72.